The summed E-state index contributed by atoms with van der Waals surface area (Å²) in [5.41, 5.74) is 0. The molecule has 0 radical (unpaired) electrons. The monoisotopic (exact) mass is 1070 g/mol. The molecule has 0 aromatic carbocycles. The summed E-state index contributed by atoms with van der Waals surface area (Å²) in [6, 6.07) is -0.913. The van der Waals surface area contributed by atoms with Gasteiger partial charge in [0.1, 0.15) is 19.3 Å². The number of likely N-dealkylation sites (N-methyl/N-ethyl adjacent to an activating group) is 1. The lowest BCUT2D eigenvalue weighted by Crippen LogP contribution is -2.47. The molecule has 0 aliphatic carbocycles. The van der Waals surface area contributed by atoms with Crippen molar-refractivity contribution in [1.82, 2.24) is 5.32 Å². The number of amides is 1. The second-order valence-electron chi connectivity index (χ2n) is 21.5. The number of nitrogens with one attached hydrogen (secondary N) is 1. The largest absolute Gasteiger partial charge is 0.756 e. The van der Waals surface area contributed by atoms with Crippen LogP contribution in [0.5, 0.6) is 0 Å². The van der Waals surface area contributed by atoms with Crippen molar-refractivity contribution >= 4 is 19.7 Å². The molecule has 1 amide bonds. The number of phosphoric ester groups is 1. The number of quaternary nitrogens is 1. The molecule has 0 fully saturated rings. The van der Waals surface area contributed by atoms with Crippen LogP contribution in [0.2, 0.25) is 0 Å². The van der Waals surface area contributed by atoms with Crippen LogP contribution in [0.4, 0.5) is 0 Å². The highest BCUT2D eigenvalue weighted by Crippen LogP contribution is 2.38. The zero-order valence-electron chi connectivity index (χ0n) is 49.2. The van der Waals surface area contributed by atoms with Crippen molar-refractivity contribution in [3.63, 3.8) is 0 Å². The maximum Gasteiger partial charge on any atom is 0.306 e. The van der Waals surface area contributed by atoms with Crippen molar-refractivity contribution < 1.29 is 37.3 Å². The molecule has 0 saturated heterocycles. The van der Waals surface area contributed by atoms with Crippen molar-refractivity contribution in [2.24, 2.45) is 0 Å². The van der Waals surface area contributed by atoms with Crippen LogP contribution < -0.4 is 10.2 Å². The Bertz CT molecular complexity index is 1610. The molecule has 0 aromatic rings. The second kappa shape index (κ2) is 54.3. The van der Waals surface area contributed by atoms with E-state index in [2.05, 4.69) is 111 Å². The average Bonchev–Trinajstić information content (AvgIpc) is 3.37. The van der Waals surface area contributed by atoms with Crippen LogP contribution >= 0.6 is 7.82 Å². The fourth-order valence-electron chi connectivity index (χ4n) is 8.28. The van der Waals surface area contributed by atoms with E-state index in [-0.39, 0.29) is 31.3 Å². The highest BCUT2D eigenvalue weighted by atomic mass is 31.2. The quantitative estimate of drug-likeness (QED) is 0.0212. The Morgan fingerprint density at radius 3 is 1.31 bits per heavy atom. The van der Waals surface area contributed by atoms with Gasteiger partial charge in [0.15, 0.2) is 0 Å². The molecule has 0 spiro atoms. The van der Waals surface area contributed by atoms with Crippen LogP contribution in [-0.2, 0) is 27.9 Å². The van der Waals surface area contributed by atoms with Crippen LogP contribution in [0.25, 0.3) is 0 Å². The normalized spacial score (nSPS) is 14.4. The number of nitrogens with zero attached hydrogens (tertiary/aromatic N) is 1. The highest BCUT2D eigenvalue weighted by molar-refractivity contribution is 7.45. The summed E-state index contributed by atoms with van der Waals surface area (Å²) in [5.74, 6) is -0.592. The highest BCUT2D eigenvalue weighted by Gasteiger charge is 2.27. The van der Waals surface area contributed by atoms with Gasteiger partial charge in [-0.15, -0.1) is 0 Å². The third-order valence-corrected chi connectivity index (χ3v) is 14.0. The first kappa shape index (κ1) is 71.9. The van der Waals surface area contributed by atoms with E-state index in [0.717, 1.165) is 109 Å². The van der Waals surface area contributed by atoms with Crippen LogP contribution in [0.1, 0.15) is 252 Å². The van der Waals surface area contributed by atoms with Crippen molar-refractivity contribution in [2.75, 3.05) is 40.9 Å². The predicted molar refractivity (Wildman–Crippen MR) is 321 cm³/mol. The maximum atomic E-state index is 13.5. The molecular formula is C65H115N2O7P. The summed E-state index contributed by atoms with van der Waals surface area (Å²) in [5, 5.41) is 3.01. The van der Waals surface area contributed by atoms with E-state index in [4.69, 9.17) is 13.8 Å². The zero-order chi connectivity index (χ0) is 55.0. The van der Waals surface area contributed by atoms with Gasteiger partial charge >= 0.3 is 5.97 Å². The fourth-order valence-corrected chi connectivity index (χ4v) is 9.01. The molecule has 10 heteroatoms. The molecule has 0 bridgehead atoms. The van der Waals surface area contributed by atoms with Gasteiger partial charge in [-0.2, -0.15) is 0 Å². The minimum atomic E-state index is -4.71. The smallest absolute Gasteiger partial charge is 0.306 e. The Hall–Kier alpha value is -3.07. The first-order valence-electron chi connectivity index (χ1n) is 30.5. The standard InChI is InChI=1S/C65H115N2O7P/c1-7-10-13-16-19-22-25-28-29-30-31-32-33-34-35-36-37-40-42-45-48-51-54-57-64(68)66-62(61-73-75(70,71)72-60-59-67(4,5)6)63(56-53-50-47-44-41-38-26-23-20-17-14-11-8-2)74-65(69)58-55-52-49-46-43-39-27-24-21-18-15-12-9-3/h10,13,19,22,28-29,31-32,34-35,37,39-40,43,53,56,62-63H,7-9,11-12,14-18,20-21,23-27,30,33,36,38,41-42,44-52,54-55,57-61H2,1-6H3,(H-,66,68,70,71)/b13-10-,22-19-,29-28-,32-31-,35-34-,40-37-,43-39-,56-53-. The van der Waals surface area contributed by atoms with Crippen LogP contribution in [0.15, 0.2) is 97.2 Å². The van der Waals surface area contributed by atoms with Crippen LogP contribution in [-0.4, -0.2) is 69.4 Å². The Morgan fingerprint density at radius 2 is 0.853 bits per heavy atom. The Balaban J connectivity index is 5.33. The van der Waals surface area contributed by atoms with E-state index in [1.807, 2.05) is 33.3 Å². The third kappa shape index (κ3) is 55.5. The lowest BCUT2D eigenvalue weighted by atomic mass is 10.0. The second-order valence-corrected chi connectivity index (χ2v) is 22.9. The van der Waals surface area contributed by atoms with E-state index in [1.54, 1.807) is 0 Å². The van der Waals surface area contributed by atoms with E-state index in [1.165, 1.54) is 96.3 Å². The van der Waals surface area contributed by atoms with Gasteiger partial charge in [-0.25, -0.2) is 0 Å². The van der Waals surface area contributed by atoms with Gasteiger partial charge in [-0.3, -0.25) is 14.2 Å². The topological polar surface area (TPSA) is 114 Å². The van der Waals surface area contributed by atoms with Crippen LogP contribution in [0.3, 0.4) is 0 Å². The van der Waals surface area contributed by atoms with Gasteiger partial charge in [0, 0.05) is 12.8 Å². The number of esters is 1. The van der Waals surface area contributed by atoms with Crippen molar-refractivity contribution in [2.45, 2.75) is 264 Å². The molecule has 3 unspecified atom stereocenters. The predicted octanol–water partition coefficient (Wildman–Crippen LogP) is 18.1. The average molecular weight is 1070 g/mol. The Morgan fingerprint density at radius 1 is 0.480 bits per heavy atom. The number of carbonyl (C=O) groups is 2. The summed E-state index contributed by atoms with van der Waals surface area (Å²) in [6.45, 7) is 6.68. The lowest BCUT2D eigenvalue weighted by molar-refractivity contribution is -0.870. The number of carbonyl (C=O) groups excluding carboxylic acids is 2. The summed E-state index contributed by atoms with van der Waals surface area (Å²) in [7, 11) is 1.15. The van der Waals surface area contributed by atoms with E-state index in [9.17, 15) is 19.0 Å². The van der Waals surface area contributed by atoms with Gasteiger partial charge in [-0.05, 0) is 109 Å². The van der Waals surface area contributed by atoms with Gasteiger partial charge < -0.3 is 28.5 Å². The summed E-state index contributed by atoms with van der Waals surface area (Å²) >= 11 is 0. The molecule has 0 aromatic heterocycles. The molecule has 0 aliphatic rings. The molecular weight excluding hydrogens is 952 g/mol. The number of hydrogen-bond acceptors (Lipinski definition) is 7. The molecule has 0 saturated carbocycles. The summed E-state index contributed by atoms with van der Waals surface area (Å²) in [6.07, 6.45) is 72.3. The molecule has 0 heterocycles. The number of ether oxygens (including phenoxy) is 1. The van der Waals surface area contributed by atoms with Gasteiger partial charge in [0.05, 0.1) is 33.8 Å². The molecule has 0 rings (SSSR count). The first-order chi connectivity index (χ1) is 36.4. The van der Waals surface area contributed by atoms with Crippen molar-refractivity contribution in [3.05, 3.63) is 97.2 Å². The Labute approximate surface area is 462 Å². The molecule has 75 heavy (non-hydrogen) atoms. The van der Waals surface area contributed by atoms with Gasteiger partial charge in [0.25, 0.3) is 7.82 Å². The number of allylic oxidation sites excluding steroid dienone is 15. The van der Waals surface area contributed by atoms with Crippen LogP contribution in [0, 0.1) is 0 Å². The molecule has 3 atom stereocenters. The van der Waals surface area contributed by atoms with E-state index < -0.39 is 26.6 Å². The van der Waals surface area contributed by atoms with Crippen molar-refractivity contribution in [1.29, 1.82) is 0 Å². The maximum absolute atomic E-state index is 13.5. The summed E-state index contributed by atoms with van der Waals surface area (Å²) in [4.78, 5) is 39.9. The minimum absolute atomic E-state index is 0.0341. The zero-order valence-corrected chi connectivity index (χ0v) is 50.1. The number of phosphoric acid groups is 1. The molecule has 1 N–H and O–H groups in total. The fraction of sp³-hybridized carbons (Fsp3) is 0.723. The van der Waals surface area contributed by atoms with Crippen molar-refractivity contribution in [3.8, 4) is 0 Å². The SMILES string of the molecule is CC/C=C\C/C=C\C/C=C\C/C=C\C/C=C\C/C=C\CCCCCCC(=O)NC(COP(=O)([O-])OCC[N+](C)(C)C)C(/C=C\CCCCCCCCCCCCC)OC(=O)CCCCC/C=C\CCCCCCCC. The molecule has 9 nitrogen and oxygen atoms in total. The summed E-state index contributed by atoms with van der Waals surface area (Å²) < 4.78 is 30.3. The van der Waals surface area contributed by atoms with Gasteiger partial charge in [0.2, 0.25) is 5.91 Å². The lowest BCUT2D eigenvalue weighted by Gasteiger charge is -2.30. The third-order valence-electron chi connectivity index (χ3n) is 13.0. The van der Waals surface area contributed by atoms with E-state index in [0.29, 0.717) is 23.9 Å². The number of hydrogen-bond donors (Lipinski definition) is 1. The van der Waals surface area contributed by atoms with Gasteiger partial charge in [-0.1, -0.05) is 227 Å². The number of unbranched alkanes of at least 4 members (excludes halogenated alkanes) is 24. The molecule has 432 valence electrons. The molecule has 0 aliphatic heterocycles. The van der Waals surface area contributed by atoms with E-state index >= 15 is 0 Å². The first-order valence-corrected chi connectivity index (χ1v) is 32.0. The Kier molecular flexibility index (Phi) is 52.1. The number of rotatable bonds is 54. The minimum Gasteiger partial charge on any atom is -0.756 e.